The Kier molecular flexibility index (Phi) is 13.5. The van der Waals surface area contributed by atoms with E-state index in [-0.39, 0.29) is 37.2 Å². The number of aromatic nitrogens is 1. The first-order valence-electron chi connectivity index (χ1n) is 17.5. The summed E-state index contributed by atoms with van der Waals surface area (Å²) < 4.78 is 41.9. The van der Waals surface area contributed by atoms with Gasteiger partial charge in [0.1, 0.15) is 41.2 Å². The maximum absolute atomic E-state index is 13.9. The van der Waals surface area contributed by atoms with Crippen molar-refractivity contribution >= 4 is 37.5 Å². The van der Waals surface area contributed by atoms with E-state index in [9.17, 15) is 14.4 Å². The molecule has 3 aromatic rings. The van der Waals surface area contributed by atoms with Gasteiger partial charge in [0.15, 0.2) is 18.4 Å². The Bertz CT molecular complexity index is 1770. The average molecular weight is 725 g/mol. The average Bonchev–Trinajstić information content (AvgIpc) is 3.45. The molecule has 5 rings (SSSR count). The second-order valence-electron chi connectivity index (χ2n) is 13.2. The molecule has 2 aliphatic rings. The number of ether oxygens (including phenoxy) is 7. The second kappa shape index (κ2) is 18.2. The van der Waals surface area contributed by atoms with Gasteiger partial charge in [-0.1, -0.05) is 49.4 Å². The SMILES string of the molecule is [B]C(=O)N(CCCOc1cc2c(c(OCOC)c1)C(=O)O[C@@H](C)[C@H](C)/C=C\C(OC(=O)c1ccccc1)C1OC(C)(C)O[C@H]1C/C=C/2)c1ccccn1. The van der Waals surface area contributed by atoms with Crippen molar-refractivity contribution in [1.29, 1.82) is 0 Å². The van der Waals surface area contributed by atoms with Crippen LogP contribution in [0, 0.1) is 5.92 Å². The molecule has 1 amide bonds. The summed E-state index contributed by atoms with van der Waals surface area (Å²) in [6.07, 6.45) is 7.05. The lowest BCUT2D eigenvalue weighted by atomic mass is 9.98. The van der Waals surface area contributed by atoms with Gasteiger partial charge in [-0.15, -0.1) is 0 Å². The smallest absolute Gasteiger partial charge is 0.342 e. The number of carbonyl (C=O) groups excluding carboxylic acids is 3. The third kappa shape index (κ3) is 10.6. The van der Waals surface area contributed by atoms with Crippen LogP contribution in [-0.2, 0) is 23.7 Å². The lowest BCUT2D eigenvalue weighted by molar-refractivity contribution is -0.152. The molecule has 0 spiro atoms. The quantitative estimate of drug-likeness (QED) is 0.0703. The zero-order chi connectivity index (χ0) is 38.0. The van der Waals surface area contributed by atoms with Crippen molar-refractivity contribution in [3.05, 3.63) is 102 Å². The fourth-order valence-electron chi connectivity index (χ4n) is 5.95. The summed E-state index contributed by atoms with van der Waals surface area (Å²) >= 11 is 0. The number of pyridine rings is 1. The molecule has 0 N–H and O–H groups in total. The molecule has 12 nitrogen and oxygen atoms in total. The van der Waals surface area contributed by atoms with Gasteiger partial charge in [-0.05, 0) is 75.6 Å². The van der Waals surface area contributed by atoms with Crippen LogP contribution < -0.4 is 14.4 Å². The molecule has 2 unspecified atom stereocenters. The standard InChI is InChI=1S/C40H45BN2O10/c1-26-18-19-31(51-37(44)28-13-7-6-8-14-28)36-32(52-40(3,4)53-36)16-11-15-29-23-30(24-33(49-25-47-5)35(29)38(45)50-27(26)2)48-22-12-21-43(39(41)46)34-17-9-10-20-42-34/h6-11,13-15,17-20,23-24,26-27,31-32,36H,12,16,21-22,25H2,1-5H3/b15-11+,19-18-/t26-,27+,31?,32+,36?/m1/s1. The normalized spacial score (nSPS) is 23.6. The Morgan fingerprint density at radius 3 is 2.51 bits per heavy atom. The number of esters is 2. The number of amides is 1. The van der Waals surface area contributed by atoms with Crippen molar-refractivity contribution in [2.75, 3.05) is 32.0 Å². The van der Waals surface area contributed by atoms with Crippen LogP contribution >= 0.6 is 0 Å². The largest absolute Gasteiger partial charge is 0.493 e. The van der Waals surface area contributed by atoms with Crippen LogP contribution in [0.4, 0.5) is 10.6 Å². The number of fused-ring (bicyclic) bond motifs is 2. The molecule has 2 aliphatic heterocycles. The molecule has 3 heterocycles. The van der Waals surface area contributed by atoms with Crippen molar-refractivity contribution in [1.82, 2.24) is 4.98 Å². The van der Waals surface area contributed by atoms with Crippen LogP contribution in [0.2, 0.25) is 0 Å². The van der Waals surface area contributed by atoms with E-state index in [4.69, 9.17) is 41.0 Å². The van der Waals surface area contributed by atoms with Gasteiger partial charge in [-0.2, -0.15) is 0 Å². The van der Waals surface area contributed by atoms with Crippen LogP contribution in [0.1, 0.15) is 66.8 Å². The highest BCUT2D eigenvalue weighted by atomic mass is 16.8. The molecule has 2 radical (unpaired) electrons. The predicted octanol–water partition coefficient (Wildman–Crippen LogP) is 6.53. The number of methoxy groups -OCH3 is 1. The number of hydrogen-bond donors (Lipinski definition) is 0. The molecule has 1 saturated heterocycles. The first kappa shape index (κ1) is 39.2. The maximum Gasteiger partial charge on any atom is 0.342 e. The zero-order valence-electron chi connectivity index (χ0n) is 30.6. The van der Waals surface area contributed by atoms with E-state index in [2.05, 4.69) is 4.98 Å². The van der Waals surface area contributed by atoms with E-state index in [1.807, 2.05) is 39.0 Å². The highest BCUT2D eigenvalue weighted by Crippen LogP contribution is 2.36. The highest BCUT2D eigenvalue weighted by Gasteiger charge is 2.45. The maximum atomic E-state index is 13.9. The topological polar surface area (TPSA) is 132 Å². The molecule has 13 heteroatoms. The minimum Gasteiger partial charge on any atom is -0.493 e. The van der Waals surface area contributed by atoms with Crippen LogP contribution in [0.15, 0.2) is 85.1 Å². The number of hydrogen-bond acceptors (Lipinski definition) is 11. The van der Waals surface area contributed by atoms with Crippen molar-refractivity contribution < 1.29 is 47.5 Å². The minimum absolute atomic E-state index is 0.133. The first-order valence-corrected chi connectivity index (χ1v) is 17.5. The summed E-state index contributed by atoms with van der Waals surface area (Å²) in [5.74, 6) is -1.93. The van der Waals surface area contributed by atoms with Gasteiger partial charge in [-0.25, -0.2) is 14.6 Å². The number of benzene rings is 2. The third-order valence-corrected chi connectivity index (χ3v) is 8.73. The molecule has 2 aromatic carbocycles. The Balaban J connectivity index is 1.44. The summed E-state index contributed by atoms with van der Waals surface area (Å²) in [4.78, 5) is 44.8. The number of rotatable bonds is 11. The lowest BCUT2D eigenvalue weighted by Crippen LogP contribution is -2.37. The fourth-order valence-corrected chi connectivity index (χ4v) is 5.95. The number of anilines is 1. The zero-order valence-corrected chi connectivity index (χ0v) is 30.6. The molecule has 278 valence electrons. The Morgan fingerprint density at radius 1 is 1.02 bits per heavy atom. The van der Waals surface area contributed by atoms with E-state index in [0.717, 1.165) is 0 Å². The van der Waals surface area contributed by atoms with E-state index in [1.165, 1.54) is 12.0 Å². The molecule has 0 saturated carbocycles. The van der Waals surface area contributed by atoms with Gasteiger partial charge in [0.05, 0.1) is 18.3 Å². The third-order valence-electron chi connectivity index (χ3n) is 8.73. The van der Waals surface area contributed by atoms with Crippen molar-refractivity contribution in [3.63, 3.8) is 0 Å². The monoisotopic (exact) mass is 724 g/mol. The van der Waals surface area contributed by atoms with E-state index < -0.39 is 47.9 Å². The lowest BCUT2D eigenvalue weighted by Gasteiger charge is -2.26. The summed E-state index contributed by atoms with van der Waals surface area (Å²) in [6, 6.07) is 17.3. The molecule has 0 bridgehead atoms. The summed E-state index contributed by atoms with van der Waals surface area (Å²) in [5, 5.41) is 0. The minimum atomic E-state index is -0.957. The van der Waals surface area contributed by atoms with Gasteiger partial charge >= 0.3 is 11.9 Å². The second-order valence-corrected chi connectivity index (χ2v) is 13.2. The van der Waals surface area contributed by atoms with Crippen LogP contribution in [-0.4, -0.2) is 87.8 Å². The van der Waals surface area contributed by atoms with Gasteiger partial charge in [-0.3, -0.25) is 4.79 Å². The van der Waals surface area contributed by atoms with Crippen molar-refractivity contribution in [3.8, 4) is 11.5 Å². The van der Waals surface area contributed by atoms with E-state index in [0.29, 0.717) is 35.5 Å². The molecule has 0 aliphatic carbocycles. The molecule has 5 atom stereocenters. The van der Waals surface area contributed by atoms with Gasteiger partial charge in [0.25, 0.3) is 0 Å². The molecule has 1 aromatic heterocycles. The number of nitrogens with zero attached hydrogens (tertiary/aromatic N) is 2. The highest BCUT2D eigenvalue weighted by molar-refractivity contribution is 6.60. The molecular formula is C40H45BN2O10. The molecule has 53 heavy (non-hydrogen) atoms. The van der Waals surface area contributed by atoms with E-state index >= 15 is 0 Å². The van der Waals surface area contributed by atoms with Crippen molar-refractivity contribution in [2.24, 2.45) is 5.92 Å². The molecule has 1 fully saturated rings. The van der Waals surface area contributed by atoms with Crippen LogP contribution in [0.25, 0.3) is 6.08 Å². The summed E-state index contributed by atoms with van der Waals surface area (Å²) in [7, 11) is 7.09. The van der Waals surface area contributed by atoms with Gasteiger partial charge < -0.3 is 38.1 Å². The Morgan fingerprint density at radius 2 is 1.79 bits per heavy atom. The Hall–Kier alpha value is -4.98. The Labute approximate surface area is 311 Å². The summed E-state index contributed by atoms with van der Waals surface area (Å²) in [5.41, 5.74) is 1.07. The predicted molar refractivity (Wildman–Crippen MR) is 198 cm³/mol. The van der Waals surface area contributed by atoms with Crippen LogP contribution in [0.5, 0.6) is 11.5 Å². The van der Waals surface area contributed by atoms with Crippen LogP contribution in [0.3, 0.4) is 0 Å². The number of carbonyl (C=O) groups is 3. The van der Waals surface area contributed by atoms with Gasteiger partial charge in [0.2, 0.25) is 7.85 Å². The summed E-state index contributed by atoms with van der Waals surface area (Å²) in [6.45, 7) is 7.65. The van der Waals surface area contributed by atoms with Gasteiger partial charge in [0, 0.05) is 31.8 Å². The number of cyclic esters (lactones) is 1. The first-order chi connectivity index (χ1) is 25.5. The van der Waals surface area contributed by atoms with Crippen molar-refractivity contribution in [2.45, 2.75) is 70.7 Å². The fraction of sp³-hybridized carbons (Fsp3) is 0.400. The van der Waals surface area contributed by atoms with E-state index in [1.54, 1.807) is 79.9 Å². The molecular weight excluding hydrogens is 679 g/mol.